The lowest BCUT2D eigenvalue weighted by Gasteiger charge is -2.06. The molecule has 0 aliphatic carbocycles. The molecule has 0 unspecified atom stereocenters. The first kappa shape index (κ1) is 8.53. The smallest absolute Gasteiger partial charge is 0.126 e. The van der Waals surface area contributed by atoms with Crippen LogP contribution in [0.1, 0.15) is 12.5 Å². The first-order valence-electron chi connectivity index (χ1n) is 3.49. The fraction of sp³-hybridized carbons (Fsp3) is 0.375. The van der Waals surface area contributed by atoms with Crippen molar-refractivity contribution in [2.45, 2.75) is 13.8 Å². The van der Waals surface area contributed by atoms with E-state index in [1.807, 2.05) is 19.9 Å². The lowest BCUT2D eigenvalue weighted by Crippen LogP contribution is -1.94. The summed E-state index contributed by atoms with van der Waals surface area (Å²) >= 11 is 3.32. The van der Waals surface area contributed by atoms with Gasteiger partial charge in [0.1, 0.15) is 10.4 Å². The number of halogens is 1. The Bertz CT molecular complexity index is 250. The molecular weight excluding hydrogens is 206 g/mol. The summed E-state index contributed by atoms with van der Waals surface area (Å²) in [5, 5.41) is 0. The third kappa shape index (κ3) is 1.93. The molecule has 0 N–H and O–H groups in total. The summed E-state index contributed by atoms with van der Waals surface area (Å²) in [4.78, 5) is 4.06. The molecule has 3 heteroatoms. The molecule has 0 aliphatic heterocycles. The van der Waals surface area contributed by atoms with E-state index < -0.39 is 0 Å². The standard InChI is InChI=1S/C8H10BrNO/c1-3-11-7-4-5-10-8(9)6(7)2/h4-5H,3H2,1-2H3. The second kappa shape index (κ2) is 3.72. The van der Waals surface area contributed by atoms with Crippen LogP contribution in [0.25, 0.3) is 0 Å². The molecule has 1 heterocycles. The second-order valence-corrected chi connectivity index (χ2v) is 2.91. The van der Waals surface area contributed by atoms with Crippen molar-refractivity contribution in [2.24, 2.45) is 0 Å². The second-order valence-electron chi connectivity index (χ2n) is 2.16. The van der Waals surface area contributed by atoms with E-state index in [4.69, 9.17) is 4.74 Å². The summed E-state index contributed by atoms with van der Waals surface area (Å²) in [5.74, 6) is 0.898. The molecule has 0 aliphatic rings. The van der Waals surface area contributed by atoms with Crippen LogP contribution in [-0.4, -0.2) is 11.6 Å². The summed E-state index contributed by atoms with van der Waals surface area (Å²) in [5.41, 5.74) is 1.05. The predicted molar refractivity (Wildman–Crippen MR) is 47.8 cm³/mol. The molecule has 0 fully saturated rings. The van der Waals surface area contributed by atoms with Crippen molar-refractivity contribution in [1.29, 1.82) is 0 Å². The van der Waals surface area contributed by atoms with Gasteiger partial charge in [-0.25, -0.2) is 4.98 Å². The van der Waals surface area contributed by atoms with Crippen molar-refractivity contribution in [2.75, 3.05) is 6.61 Å². The van der Waals surface area contributed by atoms with Gasteiger partial charge < -0.3 is 4.74 Å². The van der Waals surface area contributed by atoms with Gasteiger partial charge in [-0.05, 0) is 35.8 Å². The number of ether oxygens (including phenoxy) is 1. The van der Waals surface area contributed by atoms with E-state index in [0.717, 1.165) is 15.9 Å². The molecule has 11 heavy (non-hydrogen) atoms. The van der Waals surface area contributed by atoms with E-state index in [0.29, 0.717) is 6.61 Å². The number of nitrogens with zero attached hydrogens (tertiary/aromatic N) is 1. The molecule has 0 atom stereocenters. The number of pyridine rings is 1. The Balaban J connectivity index is 2.96. The van der Waals surface area contributed by atoms with Gasteiger partial charge in [0.15, 0.2) is 0 Å². The monoisotopic (exact) mass is 215 g/mol. The largest absolute Gasteiger partial charge is 0.493 e. The third-order valence-electron chi connectivity index (χ3n) is 1.39. The van der Waals surface area contributed by atoms with Crippen LogP contribution >= 0.6 is 15.9 Å². The zero-order chi connectivity index (χ0) is 8.27. The van der Waals surface area contributed by atoms with Gasteiger partial charge in [-0.15, -0.1) is 0 Å². The molecule has 1 aromatic rings. The predicted octanol–water partition coefficient (Wildman–Crippen LogP) is 2.55. The van der Waals surface area contributed by atoms with Crippen LogP contribution in [-0.2, 0) is 0 Å². The normalized spacial score (nSPS) is 9.73. The minimum atomic E-state index is 0.692. The van der Waals surface area contributed by atoms with Crippen LogP contribution in [0.15, 0.2) is 16.9 Å². The molecule has 1 rings (SSSR count). The van der Waals surface area contributed by atoms with Crippen molar-refractivity contribution in [1.82, 2.24) is 4.98 Å². The van der Waals surface area contributed by atoms with Gasteiger partial charge in [0, 0.05) is 11.8 Å². The maximum Gasteiger partial charge on any atom is 0.126 e. The zero-order valence-corrected chi connectivity index (χ0v) is 8.18. The van der Waals surface area contributed by atoms with Gasteiger partial charge in [0.25, 0.3) is 0 Å². The number of hydrogen-bond acceptors (Lipinski definition) is 2. The van der Waals surface area contributed by atoms with E-state index >= 15 is 0 Å². The van der Waals surface area contributed by atoms with Gasteiger partial charge in [-0.2, -0.15) is 0 Å². The van der Waals surface area contributed by atoms with Gasteiger partial charge >= 0.3 is 0 Å². The maximum absolute atomic E-state index is 5.35. The molecule has 0 aromatic carbocycles. The van der Waals surface area contributed by atoms with Crippen molar-refractivity contribution < 1.29 is 4.74 Å². The molecule has 0 amide bonds. The molecule has 0 bridgehead atoms. The SMILES string of the molecule is CCOc1ccnc(Br)c1C. The van der Waals surface area contributed by atoms with Crippen LogP contribution in [0.3, 0.4) is 0 Å². The first-order chi connectivity index (χ1) is 5.25. The molecule has 1 aromatic heterocycles. The average molecular weight is 216 g/mol. The van der Waals surface area contributed by atoms with Gasteiger partial charge in [-0.1, -0.05) is 0 Å². The number of hydrogen-bond donors (Lipinski definition) is 0. The highest BCUT2D eigenvalue weighted by Crippen LogP contribution is 2.22. The van der Waals surface area contributed by atoms with Gasteiger partial charge in [0.05, 0.1) is 6.61 Å². The Morgan fingerprint density at radius 3 is 3.00 bits per heavy atom. The Kier molecular flexibility index (Phi) is 2.88. The van der Waals surface area contributed by atoms with E-state index in [1.54, 1.807) is 6.20 Å². The molecule has 0 saturated carbocycles. The molecule has 0 saturated heterocycles. The summed E-state index contributed by atoms with van der Waals surface area (Å²) < 4.78 is 6.20. The summed E-state index contributed by atoms with van der Waals surface area (Å²) in [7, 11) is 0. The van der Waals surface area contributed by atoms with Crippen LogP contribution in [0.4, 0.5) is 0 Å². The molecule has 2 nitrogen and oxygen atoms in total. The minimum absolute atomic E-state index is 0.692. The highest BCUT2D eigenvalue weighted by Gasteiger charge is 2.01. The zero-order valence-electron chi connectivity index (χ0n) is 6.60. The number of aromatic nitrogens is 1. The summed E-state index contributed by atoms with van der Waals surface area (Å²) in [6, 6.07) is 1.86. The lowest BCUT2D eigenvalue weighted by molar-refractivity contribution is 0.337. The number of rotatable bonds is 2. The van der Waals surface area contributed by atoms with E-state index in [1.165, 1.54) is 0 Å². The first-order valence-corrected chi connectivity index (χ1v) is 4.29. The molecular formula is C8H10BrNO. The molecule has 0 spiro atoms. The van der Waals surface area contributed by atoms with E-state index in [9.17, 15) is 0 Å². The Morgan fingerprint density at radius 2 is 2.36 bits per heavy atom. The van der Waals surface area contributed by atoms with Crippen LogP contribution in [0, 0.1) is 6.92 Å². The van der Waals surface area contributed by atoms with Gasteiger partial charge in [-0.3, -0.25) is 0 Å². The van der Waals surface area contributed by atoms with Crippen molar-refractivity contribution in [3.63, 3.8) is 0 Å². The molecule has 0 radical (unpaired) electrons. The minimum Gasteiger partial charge on any atom is -0.493 e. The van der Waals surface area contributed by atoms with Crippen molar-refractivity contribution in [3.8, 4) is 5.75 Å². The fourth-order valence-electron chi connectivity index (χ4n) is 0.806. The quantitative estimate of drug-likeness (QED) is 0.708. The molecule has 60 valence electrons. The maximum atomic E-state index is 5.35. The highest BCUT2D eigenvalue weighted by atomic mass is 79.9. The van der Waals surface area contributed by atoms with Crippen LogP contribution in [0.2, 0.25) is 0 Å². The van der Waals surface area contributed by atoms with E-state index in [2.05, 4.69) is 20.9 Å². The fourth-order valence-corrected chi connectivity index (χ4v) is 1.12. The average Bonchev–Trinajstić information content (AvgIpc) is 1.99. The van der Waals surface area contributed by atoms with Crippen LogP contribution < -0.4 is 4.74 Å². The van der Waals surface area contributed by atoms with Crippen molar-refractivity contribution >= 4 is 15.9 Å². The highest BCUT2D eigenvalue weighted by molar-refractivity contribution is 9.10. The summed E-state index contributed by atoms with van der Waals surface area (Å²) in [6.07, 6.45) is 1.72. The Labute approximate surface area is 74.7 Å². The topological polar surface area (TPSA) is 22.1 Å². The van der Waals surface area contributed by atoms with Gasteiger partial charge in [0.2, 0.25) is 0 Å². The van der Waals surface area contributed by atoms with Crippen molar-refractivity contribution in [3.05, 3.63) is 22.4 Å². The summed E-state index contributed by atoms with van der Waals surface area (Å²) in [6.45, 7) is 4.63. The van der Waals surface area contributed by atoms with E-state index in [-0.39, 0.29) is 0 Å². The van der Waals surface area contributed by atoms with Crippen LogP contribution in [0.5, 0.6) is 5.75 Å². The Hall–Kier alpha value is -0.570. The Morgan fingerprint density at radius 1 is 1.64 bits per heavy atom. The lowest BCUT2D eigenvalue weighted by atomic mass is 10.3. The third-order valence-corrected chi connectivity index (χ3v) is 2.19.